The monoisotopic (exact) mass is 570 g/mol. The number of aromatic nitrogens is 2. The summed E-state index contributed by atoms with van der Waals surface area (Å²) in [5.41, 5.74) is 2.82. The van der Waals surface area contributed by atoms with Crippen LogP contribution in [-0.2, 0) is 18.4 Å². The Labute approximate surface area is 259 Å². The van der Waals surface area contributed by atoms with Crippen LogP contribution in [0.5, 0.6) is 0 Å². The van der Waals surface area contributed by atoms with Gasteiger partial charge >= 0.3 is 0 Å². The number of aryl methyl sites for hydroxylation is 1. The summed E-state index contributed by atoms with van der Waals surface area (Å²) < 4.78 is 2.38. The molecule has 0 aliphatic heterocycles. The summed E-state index contributed by atoms with van der Waals surface area (Å²) in [5, 5.41) is 0. The average molecular weight is 571 g/mol. The first-order chi connectivity index (χ1) is 20.7. The Morgan fingerprint density at radius 2 is 1.10 bits per heavy atom. The Morgan fingerprint density at radius 1 is 0.619 bits per heavy atom. The van der Waals surface area contributed by atoms with Crippen molar-refractivity contribution in [2.24, 2.45) is 0 Å². The zero-order valence-corrected chi connectivity index (χ0v) is 27.5. The first-order valence-electron chi connectivity index (χ1n) is 17.8. The number of imidazole rings is 1. The van der Waals surface area contributed by atoms with Crippen molar-refractivity contribution in [2.45, 2.75) is 161 Å². The van der Waals surface area contributed by atoms with Gasteiger partial charge in [-0.2, -0.15) is 0 Å². The Kier molecular flexibility index (Phi) is 16.7. The molecule has 0 aliphatic carbocycles. The first-order valence-corrected chi connectivity index (χ1v) is 17.8. The molecule has 2 atom stereocenters. The van der Waals surface area contributed by atoms with Crippen LogP contribution in [0.2, 0.25) is 0 Å². The molecule has 2 heteroatoms. The quantitative estimate of drug-likeness (QED) is 0.0979. The van der Waals surface area contributed by atoms with Crippen molar-refractivity contribution in [1.82, 2.24) is 9.55 Å². The molecule has 2 nitrogen and oxygen atoms in total. The number of nitrogens with zero attached hydrogens (tertiary/aromatic N) is 2. The van der Waals surface area contributed by atoms with Crippen LogP contribution >= 0.6 is 0 Å². The van der Waals surface area contributed by atoms with E-state index in [-0.39, 0.29) is 5.41 Å². The van der Waals surface area contributed by atoms with Crippen LogP contribution < -0.4 is 0 Å². The fourth-order valence-electron chi connectivity index (χ4n) is 6.97. The molecule has 42 heavy (non-hydrogen) atoms. The molecule has 0 N–H and O–H groups in total. The molecule has 0 radical (unpaired) electrons. The SMILES string of the molecule is CCCCCCCCCCCCCCCCCCCC(c1nccn1CC)C(C)(Cc1ccccc1)c1ccccc1. The van der Waals surface area contributed by atoms with Gasteiger partial charge in [0, 0.05) is 30.3 Å². The molecular formula is C40H62N2. The molecule has 1 aromatic heterocycles. The van der Waals surface area contributed by atoms with Crippen molar-refractivity contribution in [3.05, 3.63) is 90.0 Å². The molecule has 0 aliphatic rings. The van der Waals surface area contributed by atoms with E-state index in [4.69, 9.17) is 4.98 Å². The summed E-state index contributed by atoms with van der Waals surface area (Å²) in [6, 6.07) is 22.3. The third-order valence-corrected chi connectivity index (χ3v) is 9.61. The van der Waals surface area contributed by atoms with Gasteiger partial charge in [-0.05, 0) is 30.9 Å². The maximum Gasteiger partial charge on any atom is 0.112 e. The highest BCUT2D eigenvalue weighted by molar-refractivity contribution is 5.33. The third kappa shape index (κ3) is 11.7. The van der Waals surface area contributed by atoms with Gasteiger partial charge in [-0.1, -0.05) is 184 Å². The fourth-order valence-corrected chi connectivity index (χ4v) is 6.97. The molecule has 232 valence electrons. The minimum atomic E-state index is -0.0179. The van der Waals surface area contributed by atoms with Gasteiger partial charge in [-0.25, -0.2) is 4.98 Å². The molecule has 0 bridgehead atoms. The molecule has 0 saturated carbocycles. The van der Waals surface area contributed by atoms with E-state index in [0.717, 1.165) is 13.0 Å². The molecule has 2 aromatic carbocycles. The van der Waals surface area contributed by atoms with E-state index >= 15 is 0 Å². The Bertz CT molecular complexity index is 1040. The lowest BCUT2D eigenvalue weighted by Gasteiger charge is -2.39. The molecule has 0 saturated heterocycles. The zero-order valence-electron chi connectivity index (χ0n) is 27.5. The molecule has 0 fully saturated rings. The Morgan fingerprint density at radius 3 is 1.60 bits per heavy atom. The Hall–Kier alpha value is -2.35. The van der Waals surface area contributed by atoms with Crippen LogP contribution in [0, 0.1) is 0 Å². The number of hydrogen-bond donors (Lipinski definition) is 0. The first kappa shape index (κ1) is 34.1. The second-order valence-corrected chi connectivity index (χ2v) is 13.0. The lowest BCUT2D eigenvalue weighted by molar-refractivity contribution is 0.323. The topological polar surface area (TPSA) is 17.8 Å². The van der Waals surface area contributed by atoms with Gasteiger partial charge in [0.2, 0.25) is 0 Å². The lowest BCUT2D eigenvalue weighted by atomic mass is 9.66. The van der Waals surface area contributed by atoms with Gasteiger partial charge < -0.3 is 4.57 Å². The summed E-state index contributed by atoms with van der Waals surface area (Å²) in [5.74, 6) is 1.64. The molecular weight excluding hydrogens is 508 g/mol. The third-order valence-electron chi connectivity index (χ3n) is 9.61. The van der Waals surface area contributed by atoms with Crippen LogP contribution in [0.3, 0.4) is 0 Å². The van der Waals surface area contributed by atoms with Crippen LogP contribution in [0.25, 0.3) is 0 Å². The predicted octanol–water partition coefficient (Wildman–Crippen LogP) is 12.2. The van der Waals surface area contributed by atoms with Gasteiger partial charge in [0.25, 0.3) is 0 Å². The van der Waals surface area contributed by atoms with Gasteiger partial charge in [0.05, 0.1) is 0 Å². The highest BCUT2D eigenvalue weighted by Crippen LogP contribution is 2.44. The van der Waals surface area contributed by atoms with E-state index < -0.39 is 0 Å². The van der Waals surface area contributed by atoms with Gasteiger partial charge in [-0.15, -0.1) is 0 Å². The summed E-state index contributed by atoms with van der Waals surface area (Å²) in [6.07, 6.45) is 30.5. The lowest BCUT2D eigenvalue weighted by Crippen LogP contribution is -2.35. The molecule has 1 heterocycles. The van der Waals surface area contributed by atoms with Gasteiger partial charge in [-0.3, -0.25) is 0 Å². The van der Waals surface area contributed by atoms with E-state index in [9.17, 15) is 0 Å². The van der Waals surface area contributed by atoms with Crippen LogP contribution in [0.15, 0.2) is 73.1 Å². The maximum atomic E-state index is 4.98. The van der Waals surface area contributed by atoms with Crippen molar-refractivity contribution in [1.29, 1.82) is 0 Å². The van der Waals surface area contributed by atoms with E-state index in [1.165, 1.54) is 133 Å². The summed E-state index contributed by atoms with van der Waals surface area (Å²) >= 11 is 0. The fraction of sp³-hybridized carbons (Fsp3) is 0.625. The number of hydrogen-bond acceptors (Lipinski definition) is 1. The smallest absolute Gasteiger partial charge is 0.112 e. The van der Waals surface area contributed by atoms with Gasteiger partial charge in [0.1, 0.15) is 5.82 Å². The largest absolute Gasteiger partial charge is 0.335 e. The molecule has 0 spiro atoms. The molecule has 2 unspecified atom stereocenters. The molecule has 0 amide bonds. The number of benzene rings is 2. The van der Waals surface area contributed by atoms with E-state index in [2.05, 4.69) is 92.2 Å². The van der Waals surface area contributed by atoms with E-state index in [1.54, 1.807) is 0 Å². The minimum absolute atomic E-state index is 0.0179. The Balaban J connectivity index is 1.44. The van der Waals surface area contributed by atoms with Crippen LogP contribution in [0.1, 0.15) is 159 Å². The number of rotatable bonds is 24. The van der Waals surface area contributed by atoms with Crippen molar-refractivity contribution in [3.63, 3.8) is 0 Å². The normalized spacial score (nSPS) is 13.7. The highest BCUT2D eigenvalue weighted by atomic mass is 15.1. The average Bonchev–Trinajstić information content (AvgIpc) is 3.50. The zero-order chi connectivity index (χ0) is 29.7. The van der Waals surface area contributed by atoms with Crippen molar-refractivity contribution in [2.75, 3.05) is 0 Å². The summed E-state index contributed by atoms with van der Waals surface area (Å²) in [6.45, 7) is 8.01. The van der Waals surface area contributed by atoms with Crippen LogP contribution in [-0.4, -0.2) is 9.55 Å². The summed E-state index contributed by atoms with van der Waals surface area (Å²) in [7, 11) is 0. The second kappa shape index (κ2) is 20.5. The van der Waals surface area contributed by atoms with Crippen molar-refractivity contribution >= 4 is 0 Å². The minimum Gasteiger partial charge on any atom is -0.335 e. The van der Waals surface area contributed by atoms with Crippen molar-refractivity contribution < 1.29 is 0 Å². The van der Waals surface area contributed by atoms with Crippen molar-refractivity contribution in [3.8, 4) is 0 Å². The standard InChI is InChI=1S/C40H62N2/c1-4-6-7-8-9-10-11-12-13-14-15-16-17-18-19-20-27-32-38(39-41-33-34-42(39)5-2)40(3,37-30-25-22-26-31-37)35-36-28-23-21-24-29-36/h21-26,28-31,33-34,38H,4-20,27,32,35H2,1-3H3. The summed E-state index contributed by atoms with van der Waals surface area (Å²) in [4.78, 5) is 4.98. The number of unbranched alkanes of at least 4 members (excludes halogenated alkanes) is 16. The highest BCUT2D eigenvalue weighted by Gasteiger charge is 2.39. The van der Waals surface area contributed by atoms with Gasteiger partial charge in [0.15, 0.2) is 0 Å². The molecule has 3 aromatic rings. The molecule has 3 rings (SSSR count). The second-order valence-electron chi connectivity index (χ2n) is 13.0. The maximum absolute atomic E-state index is 4.98. The van der Waals surface area contributed by atoms with E-state index in [0.29, 0.717) is 5.92 Å². The predicted molar refractivity (Wildman–Crippen MR) is 183 cm³/mol. The van der Waals surface area contributed by atoms with Crippen LogP contribution in [0.4, 0.5) is 0 Å². The van der Waals surface area contributed by atoms with E-state index in [1.807, 2.05) is 6.20 Å².